The second-order valence-electron chi connectivity index (χ2n) is 4.47. The third-order valence-electron chi connectivity index (χ3n) is 3.28. The van der Waals surface area contributed by atoms with Crippen molar-refractivity contribution in [1.82, 2.24) is 9.88 Å². The van der Waals surface area contributed by atoms with Crippen LogP contribution in [0.3, 0.4) is 0 Å². The summed E-state index contributed by atoms with van der Waals surface area (Å²) in [5, 5.41) is 12.0. The molecule has 4 heteroatoms. The number of nitrogens with zero attached hydrogens (tertiary/aromatic N) is 3. The summed E-state index contributed by atoms with van der Waals surface area (Å²) in [5.41, 5.74) is 0.605. The van der Waals surface area contributed by atoms with Crippen LogP contribution in [0.25, 0.3) is 0 Å². The van der Waals surface area contributed by atoms with Crippen molar-refractivity contribution in [3.63, 3.8) is 0 Å². The molecule has 0 saturated carbocycles. The van der Waals surface area contributed by atoms with Gasteiger partial charge in [0.25, 0.3) is 0 Å². The minimum atomic E-state index is 0.605. The fraction of sp³-hybridized carbons (Fsp3) is 0.538. The maximum absolute atomic E-state index is 8.67. The molecule has 0 radical (unpaired) electrons. The largest absolute Gasteiger partial charge is 0.370 e. The molecule has 2 heterocycles. The number of rotatable bonds is 4. The van der Waals surface area contributed by atoms with E-state index in [-0.39, 0.29) is 0 Å². The Hall–Kier alpha value is -1.60. The molecular formula is C13H18N4. The van der Waals surface area contributed by atoms with Crippen molar-refractivity contribution in [2.45, 2.75) is 13.3 Å². The molecule has 1 N–H and O–H groups in total. The monoisotopic (exact) mass is 230 g/mol. The quantitative estimate of drug-likeness (QED) is 0.855. The molecule has 0 aromatic carbocycles. The minimum absolute atomic E-state index is 0.605. The molecule has 1 aromatic heterocycles. The van der Waals surface area contributed by atoms with Crippen LogP contribution in [0.2, 0.25) is 0 Å². The number of pyridine rings is 1. The van der Waals surface area contributed by atoms with Crippen molar-refractivity contribution in [2.24, 2.45) is 5.92 Å². The number of nitrogens with one attached hydrogen (secondary N) is 1. The molecule has 4 nitrogen and oxygen atoms in total. The molecular weight excluding hydrogens is 212 g/mol. The molecule has 90 valence electrons. The summed E-state index contributed by atoms with van der Waals surface area (Å²) in [6, 6.07) is 5.73. The maximum atomic E-state index is 8.67. The van der Waals surface area contributed by atoms with Crippen molar-refractivity contribution >= 4 is 5.82 Å². The Morgan fingerprint density at radius 3 is 3.06 bits per heavy atom. The van der Waals surface area contributed by atoms with E-state index in [9.17, 15) is 0 Å². The first-order chi connectivity index (χ1) is 8.31. The lowest BCUT2D eigenvalue weighted by Gasteiger charge is -2.13. The Morgan fingerprint density at radius 1 is 1.59 bits per heavy atom. The van der Waals surface area contributed by atoms with Crippen LogP contribution in [-0.4, -0.2) is 36.1 Å². The Morgan fingerprint density at radius 2 is 2.47 bits per heavy atom. The first kappa shape index (κ1) is 11.9. The SMILES string of the molecule is CCN1CCC(CNc2ccc(C#N)cn2)C1. The lowest BCUT2D eigenvalue weighted by molar-refractivity contribution is 0.345. The highest BCUT2D eigenvalue weighted by atomic mass is 15.1. The van der Waals surface area contributed by atoms with Crippen molar-refractivity contribution in [2.75, 3.05) is 31.5 Å². The van der Waals surface area contributed by atoms with Crippen molar-refractivity contribution in [1.29, 1.82) is 5.26 Å². The van der Waals surface area contributed by atoms with Crippen LogP contribution in [0.4, 0.5) is 5.82 Å². The number of hydrogen-bond acceptors (Lipinski definition) is 4. The number of aromatic nitrogens is 1. The summed E-state index contributed by atoms with van der Waals surface area (Å²) in [6.07, 6.45) is 2.87. The van der Waals surface area contributed by atoms with Gasteiger partial charge in [-0.2, -0.15) is 5.26 Å². The van der Waals surface area contributed by atoms with Gasteiger partial charge in [-0.25, -0.2) is 4.98 Å². The van der Waals surface area contributed by atoms with Gasteiger partial charge in [0.15, 0.2) is 0 Å². The molecule has 1 saturated heterocycles. The Kier molecular flexibility index (Phi) is 3.94. The fourth-order valence-electron chi connectivity index (χ4n) is 2.18. The van der Waals surface area contributed by atoms with Gasteiger partial charge >= 0.3 is 0 Å². The van der Waals surface area contributed by atoms with E-state index in [1.54, 1.807) is 12.3 Å². The van der Waals surface area contributed by atoms with Gasteiger partial charge < -0.3 is 10.2 Å². The molecule has 1 aliphatic rings. The van der Waals surface area contributed by atoms with Crippen LogP contribution < -0.4 is 5.32 Å². The predicted molar refractivity (Wildman–Crippen MR) is 67.7 cm³/mol. The van der Waals surface area contributed by atoms with Crippen LogP contribution in [0.15, 0.2) is 18.3 Å². The summed E-state index contributed by atoms with van der Waals surface area (Å²) in [6.45, 7) is 6.71. The summed E-state index contributed by atoms with van der Waals surface area (Å²) >= 11 is 0. The van der Waals surface area contributed by atoms with E-state index in [0.29, 0.717) is 11.5 Å². The molecule has 17 heavy (non-hydrogen) atoms. The number of likely N-dealkylation sites (tertiary alicyclic amines) is 1. The van der Waals surface area contributed by atoms with E-state index in [4.69, 9.17) is 5.26 Å². The Labute approximate surface area is 102 Å². The lowest BCUT2D eigenvalue weighted by atomic mass is 10.1. The summed E-state index contributed by atoms with van der Waals surface area (Å²) in [4.78, 5) is 6.67. The van der Waals surface area contributed by atoms with Gasteiger partial charge in [-0.3, -0.25) is 0 Å². The molecule has 1 aliphatic heterocycles. The molecule has 1 fully saturated rings. The number of hydrogen-bond donors (Lipinski definition) is 1. The van der Waals surface area contributed by atoms with E-state index in [1.165, 1.54) is 19.5 Å². The molecule has 1 atom stereocenters. The zero-order chi connectivity index (χ0) is 12.1. The minimum Gasteiger partial charge on any atom is -0.370 e. The Bertz CT molecular complexity index is 393. The van der Waals surface area contributed by atoms with Crippen LogP contribution in [0.1, 0.15) is 18.9 Å². The zero-order valence-electron chi connectivity index (χ0n) is 10.2. The molecule has 0 spiro atoms. The molecule has 2 rings (SSSR count). The van der Waals surface area contributed by atoms with Gasteiger partial charge in [0, 0.05) is 19.3 Å². The third kappa shape index (κ3) is 3.18. The highest BCUT2D eigenvalue weighted by Gasteiger charge is 2.20. The average molecular weight is 230 g/mol. The van der Waals surface area contributed by atoms with Gasteiger partial charge in [0.2, 0.25) is 0 Å². The van der Waals surface area contributed by atoms with Gasteiger partial charge in [-0.1, -0.05) is 6.92 Å². The second-order valence-corrected chi connectivity index (χ2v) is 4.47. The van der Waals surface area contributed by atoms with Crippen LogP contribution in [-0.2, 0) is 0 Å². The van der Waals surface area contributed by atoms with E-state index < -0.39 is 0 Å². The third-order valence-corrected chi connectivity index (χ3v) is 3.28. The first-order valence-electron chi connectivity index (χ1n) is 6.14. The van der Waals surface area contributed by atoms with Crippen LogP contribution >= 0.6 is 0 Å². The highest BCUT2D eigenvalue weighted by Crippen LogP contribution is 2.16. The summed E-state index contributed by atoms with van der Waals surface area (Å²) in [5.74, 6) is 1.58. The molecule has 1 unspecified atom stereocenters. The van der Waals surface area contributed by atoms with E-state index in [2.05, 4.69) is 28.2 Å². The second kappa shape index (κ2) is 5.65. The van der Waals surface area contributed by atoms with Gasteiger partial charge in [-0.15, -0.1) is 0 Å². The van der Waals surface area contributed by atoms with Gasteiger partial charge in [-0.05, 0) is 37.6 Å². The Balaban J connectivity index is 1.80. The van der Waals surface area contributed by atoms with Crippen molar-refractivity contribution < 1.29 is 0 Å². The summed E-state index contributed by atoms with van der Waals surface area (Å²) in [7, 11) is 0. The number of nitriles is 1. The van der Waals surface area contributed by atoms with Crippen LogP contribution in [0, 0.1) is 17.2 Å². The van der Waals surface area contributed by atoms with Crippen molar-refractivity contribution in [3.05, 3.63) is 23.9 Å². The average Bonchev–Trinajstić information content (AvgIpc) is 2.85. The number of anilines is 1. The zero-order valence-corrected chi connectivity index (χ0v) is 10.2. The fourth-order valence-corrected chi connectivity index (χ4v) is 2.18. The standard InChI is InChI=1S/C13H18N4/c1-2-17-6-5-12(10-17)9-16-13-4-3-11(7-14)8-15-13/h3-4,8,12H,2,5-6,9-10H2,1H3,(H,15,16). The van der Waals surface area contributed by atoms with Crippen LogP contribution in [0.5, 0.6) is 0 Å². The van der Waals surface area contributed by atoms with E-state index in [1.807, 2.05) is 6.07 Å². The highest BCUT2D eigenvalue weighted by molar-refractivity contribution is 5.38. The molecule has 1 aromatic rings. The van der Waals surface area contributed by atoms with E-state index >= 15 is 0 Å². The summed E-state index contributed by atoms with van der Waals surface area (Å²) < 4.78 is 0. The first-order valence-corrected chi connectivity index (χ1v) is 6.14. The molecule has 0 bridgehead atoms. The lowest BCUT2D eigenvalue weighted by Crippen LogP contribution is -2.22. The predicted octanol–water partition coefficient (Wildman–Crippen LogP) is 1.71. The van der Waals surface area contributed by atoms with Gasteiger partial charge in [0.1, 0.15) is 11.9 Å². The van der Waals surface area contributed by atoms with Gasteiger partial charge in [0.05, 0.1) is 5.56 Å². The molecule has 0 aliphatic carbocycles. The topological polar surface area (TPSA) is 52.0 Å². The molecule has 0 amide bonds. The van der Waals surface area contributed by atoms with Crippen molar-refractivity contribution in [3.8, 4) is 6.07 Å². The van der Waals surface area contributed by atoms with E-state index in [0.717, 1.165) is 18.9 Å². The maximum Gasteiger partial charge on any atom is 0.125 e. The smallest absolute Gasteiger partial charge is 0.125 e. The normalized spacial score (nSPS) is 20.1.